The van der Waals surface area contributed by atoms with Gasteiger partial charge in [-0.15, -0.1) is 0 Å². The monoisotopic (exact) mass is 450 g/mol. The maximum atomic E-state index is 11.0. The molecule has 0 bridgehead atoms. The lowest BCUT2D eigenvalue weighted by molar-refractivity contribution is 0.0678. The van der Waals surface area contributed by atoms with Gasteiger partial charge in [0.2, 0.25) is 0 Å². The molecule has 0 aliphatic carbocycles. The maximum Gasteiger partial charge on any atom is 0.352 e. The summed E-state index contributed by atoms with van der Waals surface area (Å²) in [7, 11) is 2.72. The second-order valence-electron chi connectivity index (χ2n) is 4.39. The summed E-state index contributed by atoms with van der Waals surface area (Å²) in [5.41, 5.74) is -2.07. The van der Waals surface area contributed by atoms with Gasteiger partial charge in [-0.25, -0.2) is 14.4 Å². The van der Waals surface area contributed by atoms with Crippen molar-refractivity contribution in [1.29, 1.82) is 0 Å². The van der Waals surface area contributed by atoms with Crippen molar-refractivity contribution in [1.82, 2.24) is 9.97 Å². The van der Waals surface area contributed by atoms with Crippen molar-refractivity contribution in [3.63, 3.8) is 0 Å². The normalized spacial score (nSPS) is 9.69. The fourth-order valence-corrected chi connectivity index (χ4v) is 2.76. The molecule has 140 valence electrons. The summed E-state index contributed by atoms with van der Waals surface area (Å²) in [6, 6.07) is 2.31. The molecule has 0 spiro atoms. The molecule has 0 aliphatic heterocycles. The van der Waals surface area contributed by atoms with Gasteiger partial charge >= 0.3 is 17.6 Å². The molecule has 1 aromatic carbocycles. The highest BCUT2D eigenvalue weighted by molar-refractivity contribution is 9.10. The van der Waals surface area contributed by atoms with Crippen molar-refractivity contribution in [2.24, 2.45) is 0 Å². The molecule has 0 unspecified atom stereocenters. The Morgan fingerprint density at radius 2 is 1.62 bits per heavy atom. The van der Waals surface area contributed by atoms with Gasteiger partial charge in [0.15, 0.2) is 11.5 Å². The van der Waals surface area contributed by atoms with Crippen molar-refractivity contribution in [2.45, 2.75) is 0 Å². The molecule has 0 atom stereocenters. The zero-order valence-electron chi connectivity index (χ0n) is 13.3. The smallest absolute Gasteiger partial charge is 0.352 e. The lowest BCUT2D eigenvalue weighted by atomic mass is 10.2. The highest BCUT2D eigenvalue weighted by Crippen LogP contribution is 2.40. The van der Waals surface area contributed by atoms with Crippen molar-refractivity contribution < 1.29 is 29.3 Å². The van der Waals surface area contributed by atoms with Gasteiger partial charge in [-0.2, -0.15) is 0 Å². The standard InChI is InChI=1S/C9H8BrClO4.C5H4N2O4/c1-14-7-4(10)3-5(11)8(15-2)6(7)9(12)13;8-3-1-2(4(9)10)6-5(11)7-3/h3H,1-2H3,(H,12,13);1H,(H,9,10)(H2,6,7,8,11). The summed E-state index contributed by atoms with van der Waals surface area (Å²) in [5.74, 6) is -2.23. The minimum atomic E-state index is -1.34. The van der Waals surface area contributed by atoms with Crippen LogP contribution in [0.2, 0.25) is 5.02 Å². The van der Waals surface area contributed by atoms with Crippen LogP contribution in [0.4, 0.5) is 0 Å². The Bertz CT molecular complexity index is 896. The number of rotatable bonds is 4. The highest BCUT2D eigenvalue weighted by atomic mass is 79.9. The van der Waals surface area contributed by atoms with Crippen LogP contribution < -0.4 is 20.7 Å². The van der Waals surface area contributed by atoms with E-state index in [1.54, 1.807) is 0 Å². The predicted octanol–water partition coefficient (Wildman–Crippen LogP) is 1.58. The third kappa shape index (κ3) is 5.10. The number of aromatic nitrogens is 2. The van der Waals surface area contributed by atoms with Gasteiger partial charge < -0.3 is 24.7 Å². The third-order valence-electron chi connectivity index (χ3n) is 2.75. The molecule has 0 saturated heterocycles. The Labute approximate surface area is 158 Å². The van der Waals surface area contributed by atoms with Gasteiger partial charge in [0.25, 0.3) is 5.56 Å². The highest BCUT2D eigenvalue weighted by Gasteiger charge is 2.23. The Kier molecular flexibility index (Phi) is 7.41. The van der Waals surface area contributed by atoms with Gasteiger partial charge in [0.05, 0.1) is 23.7 Å². The molecule has 10 nitrogen and oxygen atoms in total. The second kappa shape index (κ2) is 9.06. The first-order chi connectivity index (χ1) is 12.1. The number of aromatic amines is 2. The van der Waals surface area contributed by atoms with E-state index in [0.29, 0.717) is 4.47 Å². The summed E-state index contributed by atoms with van der Waals surface area (Å²) < 4.78 is 10.4. The molecular weight excluding hydrogens is 440 g/mol. The van der Waals surface area contributed by atoms with Gasteiger partial charge in [-0.05, 0) is 22.0 Å². The van der Waals surface area contributed by atoms with Crippen LogP contribution in [0.15, 0.2) is 26.2 Å². The van der Waals surface area contributed by atoms with Crippen LogP contribution in [0.25, 0.3) is 0 Å². The van der Waals surface area contributed by atoms with E-state index in [9.17, 15) is 19.2 Å². The number of ether oxygens (including phenoxy) is 2. The van der Waals surface area contributed by atoms with Gasteiger partial charge in [0.1, 0.15) is 11.3 Å². The van der Waals surface area contributed by atoms with E-state index in [4.69, 9.17) is 31.3 Å². The van der Waals surface area contributed by atoms with Crippen LogP contribution in [0.3, 0.4) is 0 Å². The van der Waals surface area contributed by atoms with Crippen molar-refractivity contribution >= 4 is 39.5 Å². The number of carbonyl (C=O) groups is 2. The van der Waals surface area contributed by atoms with Crippen LogP contribution >= 0.6 is 27.5 Å². The van der Waals surface area contributed by atoms with E-state index >= 15 is 0 Å². The first kappa shape index (κ1) is 21.3. The Morgan fingerprint density at radius 3 is 2.04 bits per heavy atom. The van der Waals surface area contributed by atoms with Crippen LogP contribution in [0, 0.1) is 0 Å². The zero-order chi connectivity index (χ0) is 20.0. The number of methoxy groups -OCH3 is 2. The molecule has 12 heteroatoms. The van der Waals surface area contributed by atoms with E-state index < -0.39 is 28.9 Å². The molecule has 1 heterocycles. The molecule has 4 N–H and O–H groups in total. The van der Waals surface area contributed by atoms with Crippen LogP contribution in [0.1, 0.15) is 20.8 Å². The van der Waals surface area contributed by atoms with Crippen LogP contribution in [0.5, 0.6) is 11.5 Å². The molecule has 0 aliphatic rings. The first-order valence-electron chi connectivity index (χ1n) is 6.52. The topological polar surface area (TPSA) is 159 Å². The summed E-state index contributed by atoms with van der Waals surface area (Å²) in [4.78, 5) is 45.9. The molecule has 2 rings (SSSR count). The molecule has 0 fully saturated rings. The number of hydrogen-bond donors (Lipinski definition) is 4. The lowest BCUT2D eigenvalue weighted by Gasteiger charge is -2.12. The molecule has 2 aromatic rings. The molecular formula is C14H12BrClN2O8. The lowest BCUT2D eigenvalue weighted by Crippen LogP contribution is -2.24. The quantitative estimate of drug-likeness (QED) is 0.545. The van der Waals surface area contributed by atoms with Gasteiger partial charge in [-0.3, -0.25) is 9.78 Å². The van der Waals surface area contributed by atoms with Crippen molar-refractivity contribution in [3.8, 4) is 11.5 Å². The van der Waals surface area contributed by atoms with Crippen LogP contribution in [-0.4, -0.2) is 46.3 Å². The zero-order valence-corrected chi connectivity index (χ0v) is 15.6. The molecule has 26 heavy (non-hydrogen) atoms. The minimum Gasteiger partial charge on any atom is -0.495 e. The molecule has 1 aromatic heterocycles. The largest absolute Gasteiger partial charge is 0.495 e. The Hall–Kier alpha value is -2.79. The van der Waals surface area contributed by atoms with E-state index in [0.717, 1.165) is 6.07 Å². The van der Waals surface area contributed by atoms with E-state index in [1.807, 2.05) is 9.97 Å². The summed E-state index contributed by atoms with van der Waals surface area (Å²) >= 11 is 9.00. The molecule has 0 amide bonds. The number of aromatic carboxylic acids is 2. The average Bonchev–Trinajstić information content (AvgIpc) is 2.53. The van der Waals surface area contributed by atoms with Crippen molar-refractivity contribution in [3.05, 3.63) is 53.7 Å². The van der Waals surface area contributed by atoms with E-state index in [-0.39, 0.29) is 22.1 Å². The summed E-state index contributed by atoms with van der Waals surface area (Å²) in [5, 5.41) is 17.5. The number of H-pyrrole nitrogens is 2. The van der Waals surface area contributed by atoms with Gasteiger partial charge in [0, 0.05) is 6.07 Å². The SMILES string of the molecule is COc1c(Cl)cc(Br)c(OC)c1C(=O)O.O=C(O)c1cc(=O)[nH]c(=O)[nH]1. The number of halogens is 2. The fraction of sp³-hybridized carbons (Fsp3) is 0.143. The maximum absolute atomic E-state index is 11.0. The Balaban J connectivity index is 0.000000273. The first-order valence-corrected chi connectivity index (χ1v) is 7.69. The fourth-order valence-electron chi connectivity index (χ4n) is 1.76. The minimum absolute atomic E-state index is 0.0872. The number of hydrogen-bond acceptors (Lipinski definition) is 6. The number of carboxylic acid groups (broad SMARTS) is 2. The molecule has 0 radical (unpaired) electrons. The Morgan fingerprint density at radius 1 is 1.04 bits per heavy atom. The molecule has 0 saturated carbocycles. The predicted molar refractivity (Wildman–Crippen MR) is 93.9 cm³/mol. The summed E-state index contributed by atoms with van der Waals surface area (Å²) in [6.07, 6.45) is 0. The van der Waals surface area contributed by atoms with E-state index in [2.05, 4.69) is 15.9 Å². The number of nitrogens with one attached hydrogen (secondary N) is 2. The van der Waals surface area contributed by atoms with Crippen LogP contribution in [-0.2, 0) is 0 Å². The number of benzene rings is 1. The summed E-state index contributed by atoms with van der Waals surface area (Å²) in [6.45, 7) is 0. The second-order valence-corrected chi connectivity index (χ2v) is 5.65. The van der Waals surface area contributed by atoms with E-state index in [1.165, 1.54) is 20.3 Å². The van der Waals surface area contributed by atoms with Crippen molar-refractivity contribution in [2.75, 3.05) is 14.2 Å². The van der Waals surface area contributed by atoms with Gasteiger partial charge in [-0.1, -0.05) is 11.6 Å². The average molecular weight is 452 g/mol. The number of carboxylic acids is 2. The third-order valence-corrected chi connectivity index (χ3v) is 3.62.